The van der Waals surface area contributed by atoms with Gasteiger partial charge in [-0.25, -0.2) is 18.2 Å². The second-order valence-corrected chi connectivity index (χ2v) is 11.4. The number of nitrogens with one attached hydrogen (secondary N) is 1. The van der Waals surface area contributed by atoms with Crippen LogP contribution in [0.25, 0.3) is 28.0 Å². The monoisotopic (exact) mass is 488 g/mol. The zero-order valence-electron chi connectivity index (χ0n) is 19.2. The number of sulfone groups is 1. The number of hydrogen-bond donors (Lipinski definition) is 1. The molecule has 2 aliphatic rings. The van der Waals surface area contributed by atoms with Gasteiger partial charge in [0.2, 0.25) is 0 Å². The molecule has 2 aliphatic heterocycles. The number of amides is 2. The van der Waals surface area contributed by atoms with E-state index in [1.54, 1.807) is 28.9 Å². The van der Waals surface area contributed by atoms with Gasteiger partial charge in [0, 0.05) is 41.4 Å². The van der Waals surface area contributed by atoms with Crippen LogP contribution in [0.4, 0.5) is 10.6 Å². The van der Waals surface area contributed by atoms with Crippen LogP contribution >= 0.6 is 0 Å². The first-order valence-corrected chi connectivity index (χ1v) is 13.4. The molecule has 178 valence electrons. The number of aromatic nitrogens is 4. The summed E-state index contributed by atoms with van der Waals surface area (Å²) in [4.78, 5) is 23.8. The minimum atomic E-state index is -3.01. The lowest BCUT2D eigenvalue weighted by Gasteiger charge is -2.31. The lowest BCUT2D eigenvalue weighted by Crippen LogP contribution is -2.38. The van der Waals surface area contributed by atoms with E-state index in [9.17, 15) is 13.2 Å². The third-order valence-electron chi connectivity index (χ3n) is 6.83. The van der Waals surface area contributed by atoms with E-state index in [1.807, 2.05) is 42.5 Å². The van der Waals surface area contributed by atoms with Crippen LogP contribution in [0.1, 0.15) is 30.0 Å². The van der Waals surface area contributed by atoms with Crippen molar-refractivity contribution in [1.82, 2.24) is 24.5 Å². The van der Waals surface area contributed by atoms with Gasteiger partial charge in [-0.1, -0.05) is 36.4 Å². The highest BCUT2D eigenvalue weighted by Crippen LogP contribution is 2.37. The van der Waals surface area contributed by atoms with Crippen molar-refractivity contribution in [3.8, 4) is 22.4 Å². The summed E-state index contributed by atoms with van der Waals surface area (Å²) in [7, 11) is -1.28. The topological polar surface area (TPSA) is 110 Å². The van der Waals surface area contributed by atoms with Gasteiger partial charge in [0.1, 0.15) is 15.7 Å². The number of nitrogens with zero attached hydrogens (tertiary/aromatic N) is 5. The van der Waals surface area contributed by atoms with E-state index in [2.05, 4.69) is 15.4 Å². The fraction of sp³-hybridized carbons (Fsp3) is 0.280. The first-order valence-electron chi connectivity index (χ1n) is 11.5. The van der Waals surface area contributed by atoms with Crippen molar-refractivity contribution in [2.75, 3.05) is 23.9 Å². The van der Waals surface area contributed by atoms with Gasteiger partial charge >= 0.3 is 6.03 Å². The summed E-state index contributed by atoms with van der Waals surface area (Å²) in [6.07, 6.45) is 4.58. The van der Waals surface area contributed by atoms with Crippen molar-refractivity contribution >= 4 is 27.3 Å². The molecule has 0 radical (unpaired) electrons. The zero-order valence-corrected chi connectivity index (χ0v) is 20.0. The molecule has 0 saturated carbocycles. The van der Waals surface area contributed by atoms with E-state index < -0.39 is 9.84 Å². The van der Waals surface area contributed by atoms with Crippen LogP contribution in [0.15, 0.2) is 54.9 Å². The van der Waals surface area contributed by atoms with Crippen LogP contribution < -0.4 is 5.32 Å². The van der Waals surface area contributed by atoms with Gasteiger partial charge in [-0.2, -0.15) is 9.61 Å². The fourth-order valence-corrected chi connectivity index (χ4v) is 6.36. The molecule has 0 bridgehead atoms. The number of fused-ring (bicyclic) bond motifs is 3. The molecule has 0 unspecified atom stereocenters. The summed E-state index contributed by atoms with van der Waals surface area (Å²) in [5.74, 6) is 0.903. The molecule has 3 aromatic heterocycles. The molecular weight excluding hydrogens is 464 g/mol. The Kier molecular flexibility index (Phi) is 5.06. The van der Waals surface area contributed by atoms with Gasteiger partial charge in [0.15, 0.2) is 5.65 Å². The van der Waals surface area contributed by atoms with Crippen LogP contribution in [-0.2, 0) is 16.4 Å². The third-order valence-corrected chi connectivity index (χ3v) is 8.55. The molecular formula is C25H24N6O3S. The van der Waals surface area contributed by atoms with Gasteiger partial charge in [-0.3, -0.25) is 10.3 Å². The number of rotatable bonds is 3. The highest BCUT2D eigenvalue weighted by Gasteiger charge is 2.33. The molecule has 1 N–H and O–H groups in total. The summed E-state index contributed by atoms with van der Waals surface area (Å²) < 4.78 is 25.8. The zero-order chi connectivity index (χ0) is 24.2. The maximum Gasteiger partial charge on any atom is 0.323 e. The number of hydrogen-bond acceptors (Lipinski definition) is 6. The highest BCUT2D eigenvalue weighted by atomic mass is 32.2. The molecule has 1 saturated heterocycles. The molecule has 2 amide bonds. The standard InChI is InChI=1S/C25H24N6O3S/c1-30-15-20-22(17-9-11-35(33,34)12-10-17)28-23-19(14-27-31(23)24(20)29-25(30)32)18-7-8-21(26-13-18)16-5-3-2-4-6-16/h2-8,13-14,17H,9-12,15H2,1H3,(H,29,32). The van der Waals surface area contributed by atoms with Crippen molar-refractivity contribution in [1.29, 1.82) is 0 Å². The minimum Gasteiger partial charge on any atom is -0.323 e. The van der Waals surface area contributed by atoms with Crippen molar-refractivity contribution in [2.24, 2.45) is 0 Å². The van der Waals surface area contributed by atoms with Gasteiger partial charge < -0.3 is 4.90 Å². The van der Waals surface area contributed by atoms with Crippen molar-refractivity contribution in [3.63, 3.8) is 0 Å². The normalized spacial score (nSPS) is 17.9. The maximum atomic E-state index is 12.5. The quantitative estimate of drug-likeness (QED) is 0.471. The molecule has 10 heteroatoms. The lowest BCUT2D eigenvalue weighted by molar-refractivity contribution is 0.218. The maximum absolute atomic E-state index is 12.5. The van der Waals surface area contributed by atoms with E-state index >= 15 is 0 Å². The summed E-state index contributed by atoms with van der Waals surface area (Å²) in [5.41, 5.74) is 5.91. The number of carbonyl (C=O) groups is 1. The SMILES string of the molecule is CN1Cc2c(C3CCS(=O)(=O)CC3)nc3c(-c4ccc(-c5ccccc5)nc4)cnn3c2NC1=O. The van der Waals surface area contributed by atoms with E-state index in [0.717, 1.165) is 33.6 Å². The Bertz CT molecular complexity index is 1530. The van der Waals surface area contributed by atoms with E-state index in [0.29, 0.717) is 30.9 Å². The van der Waals surface area contributed by atoms with Crippen molar-refractivity contribution in [3.05, 3.63) is 66.1 Å². The number of carbonyl (C=O) groups excluding carboxylic acids is 1. The number of pyridine rings is 1. The van der Waals surface area contributed by atoms with E-state index in [-0.39, 0.29) is 23.5 Å². The van der Waals surface area contributed by atoms with Crippen molar-refractivity contribution < 1.29 is 13.2 Å². The molecule has 6 rings (SSSR count). The Hall–Kier alpha value is -3.79. The molecule has 5 heterocycles. The number of anilines is 1. The lowest BCUT2D eigenvalue weighted by atomic mass is 9.93. The average molecular weight is 489 g/mol. The minimum absolute atomic E-state index is 0.00186. The van der Waals surface area contributed by atoms with Crippen LogP contribution in [0.3, 0.4) is 0 Å². The van der Waals surface area contributed by atoms with Crippen LogP contribution in [0.5, 0.6) is 0 Å². The smallest absolute Gasteiger partial charge is 0.323 e. The second-order valence-electron chi connectivity index (χ2n) is 9.13. The van der Waals surface area contributed by atoms with Gasteiger partial charge in [-0.15, -0.1) is 0 Å². The molecule has 1 fully saturated rings. The number of benzene rings is 1. The first-order chi connectivity index (χ1) is 16.9. The largest absolute Gasteiger partial charge is 0.323 e. The van der Waals surface area contributed by atoms with Crippen LogP contribution in [-0.4, -0.2) is 57.5 Å². The summed E-state index contributed by atoms with van der Waals surface area (Å²) in [6.45, 7) is 0.394. The van der Waals surface area contributed by atoms with E-state index in [4.69, 9.17) is 4.98 Å². The Morgan fingerprint density at radius 1 is 1.00 bits per heavy atom. The molecule has 4 aromatic rings. The molecule has 1 aromatic carbocycles. The Morgan fingerprint density at radius 3 is 2.49 bits per heavy atom. The second kappa shape index (κ2) is 8.16. The molecule has 0 atom stereocenters. The molecule has 0 aliphatic carbocycles. The summed E-state index contributed by atoms with van der Waals surface area (Å²) >= 11 is 0. The van der Waals surface area contributed by atoms with Crippen molar-refractivity contribution in [2.45, 2.75) is 25.3 Å². The summed E-state index contributed by atoms with van der Waals surface area (Å²) in [5, 5.41) is 7.51. The highest BCUT2D eigenvalue weighted by molar-refractivity contribution is 7.91. The predicted octanol–water partition coefficient (Wildman–Crippen LogP) is 3.73. The molecule has 35 heavy (non-hydrogen) atoms. The molecule has 9 nitrogen and oxygen atoms in total. The third kappa shape index (κ3) is 3.83. The van der Waals surface area contributed by atoms with Gasteiger partial charge in [-0.05, 0) is 18.9 Å². The van der Waals surface area contributed by atoms with E-state index in [1.165, 1.54) is 0 Å². The Balaban J connectivity index is 1.46. The predicted molar refractivity (Wildman–Crippen MR) is 133 cm³/mol. The fourth-order valence-electron chi connectivity index (χ4n) is 4.87. The van der Waals surface area contributed by atoms with Gasteiger partial charge in [0.05, 0.1) is 35.6 Å². The van der Waals surface area contributed by atoms with Crippen LogP contribution in [0.2, 0.25) is 0 Å². The van der Waals surface area contributed by atoms with Crippen LogP contribution in [0, 0.1) is 0 Å². The first kappa shape index (κ1) is 21.7. The number of urea groups is 1. The molecule has 0 spiro atoms. The average Bonchev–Trinajstić information content (AvgIpc) is 3.29. The Labute approximate surface area is 202 Å². The Morgan fingerprint density at radius 2 is 1.77 bits per heavy atom. The summed E-state index contributed by atoms with van der Waals surface area (Å²) in [6, 6.07) is 13.7. The van der Waals surface area contributed by atoms with Gasteiger partial charge in [0.25, 0.3) is 0 Å².